The molecule has 0 fully saturated rings. The molecular weight excluding hydrogens is 155 g/mol. The molecule has 0 bridgehead atoms. The van der Waals surface area contributed by atoms with Crippen LogP contribution in [0, 0.1) is 5.82 Å². The molecule has 54 valence electrons. The van der Waals surface area contributed by atoms with Crippen LogP contribution in [0.1, 0.15) is 5.56 Å². The van der Waals surface area contributed by atoms with E-state index in [0.29, 0.717) is 10.6 Å². The Bertz CT molecular complexity index is 217. The molecule has 0 heterocycles. The lowest BCUT2D eigenvalue weighted by Crippen LogP contribution is -1.84. The van der Waals surface area contributed by atoms with E-state index in [2.05, 4.69) is 0 Å². The first-order valence-corrected chi connectivity index (χ1v) is 3.16. The van der Waals surface area contributed by atoms with Crippen molar-refractivity contribution >= 4 is 11.6 Å². The Morgan fingerprint density at radius 2 is 2.10 bits per heavy atom. The van der Waals surface area contributed by atoms with Gasteiger partial charge < -0.3 is 5.11 Å². The average molecular weight is 161 g/mol. The predicted molar refractivity (Wildman–Crippen MR) is 37.3 cm³/mol. The molecule has 1 nitrogen and oxygen atoms in total. The second-order valence-corrected chi connectivity index (χ2v) is 2.37. The molecule has 10 heavy (non-hydrogen) atoms. The molecule has 1 aromatic rings. The average Bonchev–Trinajstić information content (AvgIpc) is 1.85. The molecule has 1 rings (SSSR count). The minimum Gasteiger partial charge on any atom is -0.392 e. The SMILES string of the molecule is OCc1cc(F)cc(Cl)c1. The Labute approximate surface area is 63.1 Å². The molecule has 0 amide bonds. The Kier molecular flexibility index (Phi) is 2.25. The van der Waals surface area contributed by atoms with Gasteiger partial charge in [0, 0.05) is 5.02 Å². The zero-order chi connectivity index (χ0) is 7.56. The summed E-state index contributed by atoms with van der Waals surface area (Å²) < 4.78 is 12.4. The molecule has 0 saturated carbocycles. The van der Waals surface area contributed by atoms with E-state index in [-0.39, 0.29) is 6.61 Å². The van der Waals surface area contributed by atoms with Gasteiger partial charge in [-0.25, -0.2) is 4.39 Å². The van der Waals surface area contributed by atoms with Crippen molar-refractivity contribution < 1.29 is 9.50 Å². The minimum absolute atomic E-state index is 0.183. The highest BCUT2D eigenvalue weighted by Gasteiger charge is 1.96. The zero-order valence-electron chi connectivity index (χ0n) is 5.14. The molecule has 0 saturated heterocycles. The third-order valence-electron chi connectivity index (χ3n) is 1.10. The Hall–Kier alpha value is -0.600. The summed E-state index contributed by atoms with van der Waals surface area (Å²) >= 11 is 5.48. The van der Waals surface area contributed by atoms with Gasteiger partial charge in [0.1, 0.15) is 5.82 Å². The molecule has 0 radical (unpaired) electrons. The molecule has 3 heteroatoms. The molecule has 0 aliphatic rings. The number of hydrogen-bond donors (Lipinski definition) is 1. The van der Waals surface area contributed by atoms with Gasteiger partial charge in [-0.15, -0.1) is 0 Å². The molecule has 0 aromatic heterocycles. The van der Waals surface area contributed by atoms with Gasteiger partial charge in [0.05, 0.1) is 6.61 Å². The van der Waals surface area contributed by atoms with Crippen molar-refractivity contribution in [3.05, 3.63) is 34.6 Å². The van der Waals surface area contributed by atoms with Crippen LogP contribution < -0.4 is 0 Å². The van der Waals surface area contributed by atoms with Crippen molar-refractivity contribution in [2.24, 2.45) is 0 Å². The number of rotatable bonds is 1. The van der Waals surface area contributed by atoms with E-state index < -0.39 is 5.82 Å². The Morgan fingerprint density at radius 3 is 2.60 bits per heavy atom. The smallest absolute Gasteiger partial charge is 0.125 e. The molecule has 0 atom stereocenters. The molecular formula is C7H6ClFO. The number of aliphatic hydroxyl groups is 1. The fraction of sp³-hybridized carbons (Fsp3) is 0.143. The predicted octanol–water partition coefficient (Wildman–Crippen LogP) is 1.97. The van der Waals surface area contributed by atoms with Crippen LogP contribution >= 0.6 is 11.6 Å². The van der Waals surface area contributed by atoms with Crippen LogP contribution in [0.25, 0.3) is 0 Å². The maximum atomic E-state index is 12.4. The normalized spacial score (nSPS) is 9.90. The third kappa shape index (κ3) is 1.69. The third-order valence-corrected chi connectivity index (χ3v) is 1.32. The van der Waals surface area contributed by atoms with Crippen LogP contribution in [0.2, 0.25) is 5.02 Å². The van der Waals surface area contributed by atoms with E-state index in [9.17, 15) is 4.39 Å². The topological polar surface area (TPSA) is 20.2 Å². The van der Waals surface area contributed by atoms with Gasteiger partial charge in [0.25, 0.3) is 0 Å². The largest absolute Gasteiger partial charge is 0.392 e. The molecule has 0 spiro atoms. The van der Waals surface area contributed by atoms with Crippen LogP contribution in [-0.2, 0) is 6.61 Å². The number of aliphatic hydroxyl groups excluding tert-OH is 1. The Morgan fingerprint density at radius 1 is 1.40 bits per heavy atom. The van der Waals surface area contributed by atoms with Gasteiger partial charge in [-0.3, -0.25) is 0 Å². The highest BCUT2D eigenvalue weighted by atomic mass is 35.5. The van der Waals surface area contributed by atoms with E-state index in [1.54, 1.807) is 0 Å². The summed E-state index contributed by atoms with van der Waals surface area (Å²) in [6, 6.07) is 3.96. The quantitative estimate of drug-likeness (QED) is 0.666. The fourth-order valence-electron chi connectivity index (χ4n) is 0.702. The van der Waals surface area contributed by atoms with Gasteiger partial charge in [0.2, 0.25) is 0 Å². The van der Waals surface area contributed by atoms with Crippen molar-refractivity contribution in [2.75, 3.05) is 0 Å². The summed E-state index contributed by atoms with van der Waals surface area (Å²) in [6.45, 7) is -0.183. The summed E-state index contributed by atoms with van der Waals surface area (Å²) in [5.41, 5.74) is 0.491. The summed E-state index contributed by atoms with van der Waals surface area (Å²) in [6.07, 6.45) is 0. The van der Waals surface area contributed by atoms with Crippen LogP contribution in [0.3, 0.4) is 0 Å². The van der Waals surface area contributed by atoms with Crippen molar-refractivity contribution in [2.45, 2.75) is 6.61 Å². The van der Waals surface area contributed by atoms with E-state index in [0.717, 1.165) is 0 Å². The van der Waals surface area contributed by atoms with Crippen molar-refractivity contribution in [3.63, 3.8) is 0 Å². The van der Waals surface area contributed by atoms with Gasteiger partial charge in [-0.2, -0.15) is 0 Å². The first-order chi connectivity index (χ1) is 4.72. The van der Waals surface area contributed by atoms with Crippen LogP contribution in [0.15, 0.2) is 18.2 Å². The van der Waals surface area contributed by atoms with Crippen molar-refractivity contribution in [3.8, 4) is 0 Å². The summed E-state index contributed by atoms with van der Waals surface area (Å²) in [7, 11) is 0. The minimum atomic E-state index is -0.420. The number of benzene rings is 1. The maximum Gasteiger partial charge on any atom is 0.125 e. The van der Waals surface area contributed by atoms with Crippen molar-refractivity contribution in [1.82, 2.24) is 0 Å². The zero-order valence-corrected chi connectivity index (χ0v) is 5.90. The highest BCUT2D eigenvalue weighted by molar-refractivity contribution is 6.30. The van der Waals surface area contributed by atoms with Gasteiger partial charge >= 0.3 is 0 Å². The molecule has 0 unspecified atom stereocenters. The lowest BCUT2D eigenvalue weighted by molar-refractivity contribution is 0.281. The molecule has 0 aliphatic carbocycles. The fourth-order valence-corrected chi connectivity index (χ4v) is 0.947. The van der Waals surface area contributed by atoms with E-state index >= 15 is 0 Å². The lowest BCUT2D eigenvalue weighted by Gasteiger charge is -1.95. The van der Waals surface area contributed by atoms with Crippen LogP contribution in [0.5, 0.6) is 0 Å². The number of halogens is 2. The lowest BCUT2D eigenvalue weighted by atomic mass is 10.2. The van der Waals surface area contributed by atoms with Crippen LogP contribution in [0.4, 0.5) is 4.39 Å². The monoisotopic (exact) mass is 160 g/mol. The van der Waals surface area contributed by atoms with Crippen LogP contribution in [-0.4, -0.2) is 5.11 Å². The summed E-state index contributed by atoms with van der Waals surface area (Å²) in [5, 5.41) is 8.87. The maximum absolute atomic E-state index is 12.4. The van der Waals surface area contributed by atoms with Crippen molar-refractivity contribution in [1.29, 1.82) is 0 Å². The highest BCUT2D eigenvalue weighted by Crippen LogP contribution is 2.13. The second-order valence-electron chi connectivity index (χ2n) is 1.94. The first-order valence-electron chi connectivity index (χ1n) is 2.78. The van der Waals surface area contributed by atoms with Gasteiger partial charge in [0.15, 0.2) is 0 Å². The van der Waals surface area contributed by atoms with E-state index in [4.69, 9.17) is 16.7 Å². The molecule has 1 aromatic carbocycles. The number of hydrogen-bond acceptors (Lipinski definition) is 1. The Balaban J connectivity index is 3.06. The van der Waals surface area contributed by atoms with E-state index in [1.807, 2.05) is 0 Å². The summed E-state index contributed by atoms with van der Waals surface area (Å²) in [5.74, 6) is -0.420. The van der Waals surface area contributed by atoms with E-state index in [1.165, 1.54) is 18.2 Å². The standard InChI is InChI=1S/C7H6ClFO/c8-6-1-5(4-10)2-7(9)3-6/h1-3,10H,4H2. The van der Waals surface area contributed by atoms with Gasteiger partial charge in [-0.05, 0) is 23.8 Å². The first kappa shape index (κ1) is 7.51. The van der Waals surface area contributed by atoms with Gasteiger partial charge in [-0.1, -0.05) is 11.6 Å². The molecule has 1 N–H and O–H groups in total. The summed E-state index contributed by atoms with van der Waals surface area (Å²) in [4.78, 5) is 0. The molecule has 0 aliphatic heterocycles. The second kappa shape index (κ2) is 2.99.